The van der Waals surface area contributed by atoms with Crippen LogP contribution in [-0.2, 0) is 10.2 Å². The molecule has 160 valence electrons. The van der Waals surface area contributed by atoms with Gasteiger partial charge in [-0.3, -0.25) is 4.79 Å². The smallest absolute Gasteiger partial charge is 0.407 e. The molecule has 2 amide bonds. The molecule has 6 nitrogen and oxygen atoms in total. The first-order valence-electron chi connectivity index (χ1n) is 10.0. The predicted molar refractivity (Wildman–Crippen MR) is 122 cm³/mol. The number of rotatable bonds is 4. The molecule has 30 heavy (non-hydrogen) atoms. The Balaban J connectivity index is 1.66. The molecular formula is C23H29N3O3S. The normalized spacial score (nSPS) is 12.2. The predicted octanol–water partition coefficient (Wildman–Crippen LogP) is 5.00. The largest absolute Gasteiger partial charge is 0.444 e. The number of fused-ring (bicyclic) bond motifs is 2. The van der Waals surface area contributed by atoms with E-state index in [2.05, 4.69) is 49.6 Å². The number of ether oxygens (including phenoxy) is 1. The van der Waals surface area contributed by atoms with Crippen LogP contribution in [0, 0.1) is 0 Å². The standard InChI is InChI=1S/C23H29N3O3S/c1-22(2,3)16-7-8-17-14(12-16)11-15-13-18(30-20(15)26-17)19(27)24-9-10-25-21(28)29-23(4,5)6/h7-8,11-13H,9-10H2,1-6H3,(H,24,27)(H,25,28). The Bertz CT molecular complexity index is 1090. The van der Waals surface area contributed by atoms with E-state index in [1.54, 1.807) is 20.8 Å². The molecule has 2 aromatic heterocycles. The Morgan fingerprint density at radius 3 is 2.33 bits per heavy atom. The van der Waals surface area contributed by atoms with E-state index in [0.717, 1.165) is 21.1 Å². The highest BCUT2D eigenvalue weighted by molar-refractivity contribution is 7.20. The average molecular weight is 428 g/mol. The summed E-state index contributed by atoms with van der Waals surface area (Å²) in [5, 5.41) is 7.47. The molecule has 0 aliphatic carbocycles. The number of carbonyl (C=O) groups is 2. The van der Waals surface area contributed by atoms with Gasteiger partial charge in [0.1, 0.15) is 10.4 Å². The van der Waals surface area contributed by atoms with Gasteiger partial charge in [-0.05, 0) is 56.0 Å². The molecule has 0 spiro atoms. The molecule has 3 rings (SSSR count). The minimum absolute atomic E-state index is 0.0657. The quantitative estimate of drug-likeness (QED) is 0.574. The highest BCUT2D eigenvalue weighted by Crippen LogP contribution is 2.30. The summed E-state index contributed by atoms with van der Waals surface area (Å²) in [6.07, 6.45) is -0.496. The van der Waals surface area contributed by atoms with Gasteiger partial charge in [0.25, 0.3) is 5.91 Å². The first-order valence-corrected chi connectivity index (χ1v) is 10.8. The van der Waals surface area contributed by atoms with Crippen LogP contribution >= 0.6 is 11.3 Å². The maximum Gasteiger partial charge on any atom is 0.407 e. The third-order valence-corrected chi connectivity index (χ3v) is 5.51. The number of thiophene rings is 1. The zero-order valence-electron chi connectivity index (χ0n) is 18.4. The van der Waals surface area contributed by atoms with Crippen LogP contribution in [0.4, 0.5) is 4.79 Å². The first-order chi connectivity index (χ1) is 13.9. The number of aromatic nitrogens is 1. The van der Waals surface area contributed by atoms with Gasteiger partial charge in [-0.2, -0.15) is 0 Å². The van der Waals surface area contributed by atoms with Gasteiger partial charge in [0.2, 0.25) is 0 Å². The molecule has 0 saturated heterocycles. The van der Waals surface area contributed by atoms with E-state index in [4.69, 9.17) is 9.72 Å². The van der Waals surface area contributed by atoms with Crippen LogP contribution in [0.3, 0.4) is 0 Å². The lowest BCUT2D eigenvalue weighted by molar-refractivity contribution is 0.0526. The molecule has 0 radical (unpaired) electrons. The molecule has 0 aliphatic rings. The molecule has 0 fully saturated rings. The minimum atomic E-state index is -0.547. The van der Waals surface area contributed by atoms with Crippen molar-refractivity contribution in [2.45, 2.75) is 52.6 Å². The average Bonchev–Trinajstić information content (AvgIpc) is 3.03. The highest BCUT2D eigenvalue weighted by atomic mass is 32.1. The van der Waals surface area contributed by atoms with E-state index < -0.39 is 11.7 Å². The molecule has 3 aromatic rings. The molecule has 0 aliphatic heterocycles. The van der Waals surface area contributed by atoms with Gasteiger partial charge in [-0.1, -0.05) is 26.8 Å². The van der Waals surface area contributed by atoms with Crippen molar-refractivity contribution in [1.82, 2.24) is 15.6 Å². The number of pyridine rings is 1. The van der Waals surface area contributed by atoms with E-state index in [9.17, 15) is 9.59 Å². The summed E-state index contributed by atoms with van der Waals surface area (Å²) in [4.78, 5) is 30.3. The number of alkyl carbamates (subject to hydrolysis) is 1. The summed E-state index contributed by atoms with van der Waals surface area (Å²) in [6.45, 7) is 12.6. The summed E-state index contributed by atoms with van der Waals surface area (Å²) in [6, 6.07) is 10.3. The second kappa shape index (κ2) is 8.22. The second-order valence-electron chi connectivity index (χ2n) is 9.34. The first kappa shape index (κ1) is 22.0. The number of amides is 2. The van der Waals surface area contributed by atoms with Crippen molar-refractivity contribution in [1.29, 1.82) is 0 Å². The summed E-state index contributed by atoms with van der Waals surface area (Å²) in [5.41, 5.74) is 1.69. The van der Waals surface area contributed by atoms with Gasteiger partial charge in [-0.15, -0.1) is 11.3 Å². The van der Waals surface area contributed by atoms with E-state index in [0.29, 0.717) is 18.0 Å². The lowest BCUT2D eigenvalue weighted by Crippen LogP contribution is -2.37. The number of nitrogens with one attached hydrogen (secondary N) is 2. The lowest BCUT2D eigenvalue weighted by atomic mass is 9.86. The third kappa shape index (κ3) is 5.48. The van der Waals surface area contributed by atoms with Gasteiger partial charge in [0.15, 0.2) is 0 Å². The molecule has 1 aromatic carbocycles. The van der Waals surface area contributed by atoms with Crippen LogP contribution in [0.25, 0.3) is 21.1 Å². The van der Waals surface area contributed by atoms with Crippen LogP contribution in [-0.4, -0.2) is 35.7 Å². The van der Waals surface area contributed by atoms with Crippen LogP contribution in [0.15, 0.2) is 30.3 Å². The molecule has 2 N–H and O–H groups in total. The summed E-state index contributed by atoms with van der Waals surface area (Å²) in [5.74, 6) is -0.177. The van der Waals surface area contributed by atoms with Gasteiger partial charge in [-0.25, -0.2) is 9.78 Å². The molecule has 2 heterocycles. The summed E-state index contributed by atoms with van der Waals surface area (Å²) in [7, 11) is 0. The Morgan fingerprint density at radius 2 is 1.67 bits per heavy atom. The Hall–Kier alpha value is -2.67. The fraction of sp³-hybridized carbons (Fsp3) is 0.435. The SMILES string of the molecule is CC(C)(C)OC(=O)NCCNC(=O)c1cc2cc3cc(C(C)(C)C)ccc3nc2s1. The van der Waals surface area contributed by atoms with Crippen molar-refractivity contribution in [3.05, 3.63) is 40.8 Å². The zero-order valence-corrected chi connectivity index (χ0v) is 19.2. The van der Waals surface area contributed by atoms with Crippen molar-refractivity contribution in [3.63, 3.8) is 0 Å². The maximum absolute atomic E-state index is 12.5. The maximum atomic E-state index is 12.5. The van der Waals surface area contributed by atoms with E-state index in [1.807, 2.05) is 12.1 Å². The fourth-order valence-corrected chi connectivity index (χ4v) is 3.89. The monoisotopic (exact) mass is 427 g/mol. The van der Waals surface area contributed by atoms with Crippen molar-refractivity contribution in [2.24, 2.45) is 0 Å². The summed E-state index contributed by atoms with van der Waals surface area (Å²) < 4.78 is 5.17. The number of hydrogen-bond acceptors (Lipinski definition) is 5. The lowest BCUT2D eigenvalue weighted by Gasteiger charge is -2.19. The molecule has 0 unspecified atom stereocenters. The van der Waals surface area contributed by atoms with Crippen molar-refractivity contribution in [3.8, 4) is 0 Å². The number of benzene rings is 1. The minimum Gasteiger partial charge on any atom is -0.444 e. The van der Waals surface area contributed by atoms with Crippen LogP contribution in [0.2, 0.25) is 0 Å². The van der Waals surface area contributed by atoms with E-state index >= 15 is 0 Å². The molecule has 0 bridgehead atoms. The Labute approximate surface area is 181 Å². The van der Waals surface area contributed by atoms with Crippen molar-refractivity contribution in [2.75, 3.05) is 13.1 Å². The zero-order chi connectivity index (χ0) is 22.1. The molecule has 0 atom stereocenters. The van der Waals surface area contributed by atoms with Crippen LogP contribution in [0.1, 0.15) is 56.8 Å². The Morgan fingerprint density at radius 1 is 0.967 bits per heavy atom. The van der Waals surface area contributed by atoms with E-state index in [-0.39, 0.29) is 11.3 Å². The van der Waals surface area contributed by atoms with Gasteiger partial charge in [0.05, 0.1) is 10.4 Å². The van der Waals surface area contributed by atoms with Crippen molar-refractivity contribution >= 4 is 44.5 Å². The molecular weight excluding hydrogens is 398 g/mol. The number of hydrogen-bond donors (Lipinski definition) is 2. The van der Waals surface area contributed by atoms with Crippen LogP contribution < -0.4 is 10.6 Å². The number of carbonyl (C=O) groups excluding carboxylic acids is 2. The van der Waals surface area contributed by atoms with E-state index in [1.165, 1.54) is 16.9 Å². The van der Waals surface area contributed by atoms with Crippen LogP contribution in [0.5, 0.6) is 0 Å². The van der Waals surface area contributed by atoms with Gasteiger partial charge < -0.3 is 15.4 Å². The Kier molecular flexibility index (Phi) is 6.04. The number of nitrogens with zero attached hydrogens (tertiary/aromatic N) is 1. The van der Waals surface area contributed by atoms with Gasteiger partial charge >= 0.3 is 6.09 Å². The van der Waals surface area contributed by atoms with Gasteiger partial charge in [0, 0.05) is 23.9 Å². The summed E-state index contributed by atoms with van der Waals surface area (Å²) >= 11 is 1.37. The topological polar surface area (TPSA) is 80.3 Å². The van der Waals surface area contributed by atoms with Crippen molar-refractivity contribution < 1.29 is 14.3 Å². The molecule has 0 saturated carbocycles. The third-order valence-electron chi connectivity index (χ3n) is 4.47. The fourth-order valence-electron chi connectivity index (χ4n) is 2.96. The second-order valence-corrected chi connectivity index (χ2v) is 10.4. The highest BCUT2D eigenvalue weighted by Gasteiger charge is 2.17. The molecule has 7 heteroatoms.